The molecule has 1 N–H and O–H groups in total. The molecule has 0 radical (unpaired) electrons. The quantitative estimate of drug-likeness (QED) is 0.746. The van der Waals surface area contributed by atoms with Gasteiger partial charge in [0, 0.05) is 26.7 Å². The largest absolute Gasteiger partial charge is 0.325 e. The summed E-state index contributed by atoms with van der Waals surface area (Å²) in [7, 11) is 0. The van der Waals surface area contributed by atoms with Crippen LogP contribution in [-0.4, -0.2) is 23.9 Å². The predicted octanol–water partition coefficient (Wildman–Crippen LogP) is 4.22. The van der Waals surface area contributed by atoms with Crippen molar-refractivity contribution in [1.82, 2.24) is 4.90 Å². The number of nitrogens with one attached hydrogen (secondary N) is 1. The van der Waals surface area contributed by atoms with Gasteiger partial charge in [0.05, 0.1) is 6.54 Å². The molecule has 0 bridgehead atoms. The topological polar surface area (TPSA) is 32.3 Å². The van der Waals surface area contributed by atoms with Gasteiger partial charge in [-0.1, -0.05) is 0 Å². The third-order valence-electron chi connectivity index (χ3n) is 4.21. The van der Waals surface area contributed by atoms with Gasteiger partial charge in [-0.3, -0.25) is 9.69 Å². The molecule has 2 aromatic rings. The zero-order valence-electron chi connectivity index (χ0n) is 12.7. The van der Waals surface area contributed by atoms with E-state index < -0.39 is 0 Å². The second kappa shape index (κ2) is 6.68. The van der Waals surface area contributed by atoms with Gasteiger partial charge < -0.3 is 5.32 Å². The van der Waals surface area contributed by atoms with E-state index in [1.54, 1.807) is 0 Å². The number of amides is 1. The Morgan fingerprint density at radius 1 is 1.45 bits per heavy atom. The van der Waals surface area contributed by atoms with Gasteiger partial charge in [0.2, 0.25) is 5.91 Å². The van der Waals surface area contributed by atoms with Crippen LogP contribution in [0.25, 0.3) is 0 Å². The maximum Gasteiger partial charge on any atom is 0.238 e. The van der Waals surface area contributed by atoms with Crippen molar-refractivity contribution in [2.75, 3.05) is 18.4 Å². The van der Waals surface area contributed by atoms with Crippen LogP contribution in [0.3, 0.4) is 0 Å². The fourth-order valence-corrected chi connectivity index (χ4v) is 4.53. The molecule has 0 aliphatic carbocycles. The lowest BCUT2D eigenvalue weighted by Crippen LogP contribution is -2.39. The molecule has 0 fully saturated rings. The van der Waals surface area contributed by atoms with Crippen LogP contribution in [0.2, 0.25) is 0 Å². The first-order valence-electron chi connectivity index (χ1n) is 7.41. The molecule has 0 unspecified atom stereocenters. The molecular formula is C17H19IN2OS. The Hall–Kier alpha value is -0.920. The van der Waals surface area contributed by atoms with E-state index in [0.717, 1.165) is 24.2 Å². The van der Waals surface area contributed by atoms with E-state index in [9.17, 15) is 4.79 Å². The highest BCUT2D eigenvalue weighted by Gasteiger charge is 2.26. The number of rotatable bonds is 3. The van der Waals surface area contributed by atoms with Gasteiger partial charge in [0.15, 0.2) is 0 Å². The van der Waals surface area contributed by atoms with Gasteiger partial charge in [0.1, 0.15) is 0 Å². The van der Waals surface area contributed by atoms with Crippen molar-refractivity contribution in [3.05, 3.63) is 49.2 Å². The van der Waals surface area contributed by atoms with Crippen LogP contribution in [0.15, 0.2) is 29.6 Å². The lowest BCUT2D eigenvalue weighted by atomic mass is 10.0. The van der Waals surface area contributed by atoms with E-state index in [-0.39, 0.29) is 5.91 Å². The molecule has 1 atom stereocenters. The van der Waals surface area contributed by atoms with Crippen molar-refractivity contribution in [1.29, 1.82) is 0 Å². The maximum atomic E-state index is 12.4. The van der Waals surface area contributed by atoms with Gasteiger partial charge in [-0.2, -0.15) is 0 Å². The number of nitrogens with zero attached hydrogens (tertiary/aromatic N) is 1. The molecule has 1 aliphatic rings. The number of fused-ring (bicyclic) bond motifs is 1. The van der Waals surface area contributed by atoms with E-state index in [1.165, 1.54) is 14.0 Å². The fourth-order valence-electron chi connectivity index (χ4n) is 2.92. The van der Waals surface area contributed by atoms with Gasteiger partial charge in [0.25, 0.3) is 0 Å². The Balaban J connectivity index is 1.65. The van der Waals surface area contributed by atoms with Crippen LogP contribution in [0.1, 0.15) is 29.0 Å². The number of thiophene rings is 1. The summed E-state index contributed by atoms with van der Waals surface area (Å²) in [6.07, 6.45) is 1.05. The van der Waals surface area contributed by atoms with Crippen molar-refractivity contribution in [2.24, 2.45) is 0 Å². The molecule has 1 aliphatic heterocycles. The lowest BCUT2D eigenvalue weighted by Gasteiger charge is -2.33. The third-order valence-corrected chi connectivity index (χ3v) is 5.88. The summed E-state index contributed by atoms with van der Waals surface area (Å²) in [4.78, 5) is 16.1. The van der Waals surface area contributed by atoms with E-state index in [2.05, 4.69) is 57.2 Å². The second-order valence-electron chi connectivity index (χ2n) is 5.70. The number of halogens is 1. The van der Waals surface area contributed by atoms with Gasteiger partial charge in [-0.05, 0) is 83.6 Å². The van der Waals surface area contributed by atoms with Crippen LogP contribution in [-0.2, 0) is 11.2 Å². The molecule has 22 heavy (non-hydrogen) atoms. The molecule has 3 nitrogen and oxygen atoms in total. The van der Waals surface area contributed by atoms with Crippen LogP contribution < -0.4 is 5.32 Å². The SMILES string of the molecule is Cc1cc(I)ccc1NC(=O)CN1CCc2sccc2[C@@H]1C. The Kier molecular flexibility index (Phi) is 4.84. The van der Waals surface area contributed by atoms with Gasteiger partial charge in [-0.15, -0.1) is 11.3 Å². The molecule has 1 aromatic heterocycles. The molecule has 2 heterocycles. The average Bonchev–Trinajstić information content (AvgIpc) is 2.94. The molecule has 5 heteroatoms. The predicted molar refractivity (Wildman–Crippen MR) is 101 cm³/mol. The molecule has 0 saturated heterocycles. The summed E-state index contributed by atoms with van der Waals surface area (Å²) in [5.74, 6) is 0.0647. The monoisotopic (exact) mass is 426 g/mol. The molecule has 0 spiro atoms. The summed E-state index contributed by atoms with van der Waals surface area (Å²) in [5, 5.41) is 5.19. The number of carbonyl (C=O) groups excluding carboxylic acids is 1. The van der Waals surface area contributed by atoms with E-state index in [0.29, 0.717) is 12.6 Å². The molecular weight excluding hydrogens is 407 g/mol. The Morgan fingerprint density at radius 3 is 3.05 bits per heavy atom. The van der Waals surface area contributed by atoms with E-state index >= 15 is 0 Å². The van der Waals surface area contributed by atoms with Crippen LogP contribution in [0.4, 0.5) is 5.69 Å². The Morgan fingerprint density at radius 2 is 2.27 bits per heavy atom. The van der Waals surface area contributed by atoms with Crippen molar-refractivity contribution >= 4 is 45.5 Å². The van der Waals surface area contributed by atoms with E-state index in [4.69, 9.17) is 0 Å². The highest BCUT2D eigenvalue weighted by atomic mass is 127. The van der Waals surface area contributed by atoms with Crippen molar-refractivity contribution in [2.45, 2.75) is 26.3 Å². The Labute approximate surface area is 148 Å². The van der Waals surface area contributed by atoms with Crippen LogP contribution in [0, 0.1) is 10.5 Å². The Bertz CT molecular complexity index is 698. The first-order valence-corrected chi connectivity index (χ1v) is 9.37. The minimum Gasteiger partial charge on any atom is -0.325 e. The summed E-state index contributed by atoms with van der Waals surface area (Å²) in [6.45, 7) is 5.61. The summed E-state index contributed by atoms with van der Waals surface area (Å²) < 4.78 is 1.18. The van der Waals surface area contributed by atoms with Gasteiger partial charge >= 0.3 is 0 Å². The number of benzene rings is 1. The van der Waals surface area contributed by atoms with Crippen molar-refractivity contribution in [3.8, 4) is 0 Å². The molecule has 3 rings (SSSR count). The molecule has 116 valence electrons. The number of aryl methyl sites for hydroxylation is 1. The van der Waals surface area contributed by atoms with Gasteiger partial charge in [-0.25, -0.2) is 0 Å². The summed E-state index contributed by atoms with van der Waals surface area (Å²) in [6, 6.07) is 8.59. The first-order chi connectivity index (χ1) is 10.5. The zero-order valence-corrected chi connectivity index (χ0v) is 15.7. The highest BCUT2D eigenvalue weighted by molar-refractivity contribution is 14.1. The standard InChI is InChI=1S/C17H19IN2OS/c1-11-9-13(18)3-4-15(11)19-17(21)10-20-7-5-16-14(12(20)2)6-8-22-16/h3-4,6,8-9,12H,5,7,10H2,1-2H3,(H,19,21)/t12-/m0/s1. The number of hydrogen-bond acceptors (Lipinski definition) is 3. The van der Waals surface area contributed by atoms with Crippen LogP contribution in [0.5, 0.6) is 0 Å². The fraction of sp³-hybridized carbons (Fsp3) is 0.353. The first kappa shape index (κ1) is 16.0. The van der Waals surface area contributed by atoms with E-state index in [1.807, 2.05) is 30.4 Å². The molecule has 0 saturated carbocycles. The van der Waals surface area contributed by atoms with Crippen molar-refractivity contribution < 1.29 is 4.79 Å². The minimum absolute atomic E-state index is 0.0647. The smallest absolute Gasteiger partial charge is 0.238 e. The average molecular weight is 426 g/mol. The number of anilines is 1. The number of hydrogen-bond donors (Lipinski definition) is 1. The van der Waals surface area contributed by atoms with Crippen LogP contribution >= 0.6 is 33.9 Å². The lowest BCUT2D eigenvalue weighted by molar-refractivity contribution is -0.117. The summed E-state index contributed by atoms with van der Waals surface area (Å²) >= 11 is 4.11. The second-order valence-corrected chi connectivity index (χ2v) is 7.95. The number of carbonyl (C=O) groups is 1. The minimum atomic E-state index is 0.0647. The maximum absolute atomic E-state index is 12.4. The zero-order chi connectivity index (χ0) is 15.7. The third kappa shape index (κ3) is 3.36. The normalized spacial score (nSPS) is 18.0. The molecule has 1 aromatic carbocycles. The highest BCUT2D eigenvalue weighted by Crippen LogP contribution is 2.32. The summed E-state index contributed by atoms with van der Waals surface area (Å²) in [5.41, 5.74) is 3.40. The molecule has 1 amide bonds. The van der Waals surface area contributed by atoms with Crippen molar-refractivity contribution in [3.63, 3.8) is 0 Å².